The van der Waals surface area contributed by atoms with Gasteiger partial charge in [-0.05, 0) is 19.3 Å². The molecule has 2 atom stereocenters. The highest BCUT2D eigenvalue weighted by Gasteiger charge is 2.28. The minimum atomic E-state index is -1.22. The molecular weight excluding hydrogens is 254 g/mol. The molecule has 0 aromatic rings. The number of carboxylic acid groups (broad SMARTS) is 1. The molecule has 1 aliphatic rings. The molecule has 19 heavy (non-hydrogen) atoms. The standard InChI is InChI=1S/C11H15N3O5/c12-13-6-7(15)3-4-8(11(17)18)14-10(16)9-2-1-5-19-9/h6,8-9H,1-5H2,(H,14,16)(H,17,18)/t8?,9-/m0/s1. The van der Waals surface area contributed by atoms with Crippen molar-refractivity contribution < 1.29 is 29.0 Å². The molecule has 0 spiro atoms. The van der Waals surface area contributed by atoms with Gasteiger partial charge >= 0.3 is 12.2 Å². The average Bonchev–Trinajstić information content (AvgIpc) is 2.88. The van der Waals surface area contributed by atoms with Gasteiger partial charge in [0.05, 0.1) is 0 Å². The first-order valence-electron chi connectivity index (χ1n) is 5.89. The van der Waals surface area contributed by atoms with Crippen LogP contribution in [0.25, 0.3) is 5.53 Å². The number of aliphatic carboxylic acids is 1. The van der Waals surface area contributed by atoms with Crippen LogP contribution in [-0.2, 0) is 19.1 Å². The Balaban J connectivity index is 2.48. The minimum Gasteiger partial charge on any atom is -0.480 e. The summed E-state index contributed by atoms with van der Waals surface area (Å²) in [5.74, 6) is -2.21. The molecule has 1 saturated heterocycles. The van der Waals surface area contributed by atoms with Gasteiger partial charge in [-0.3, -0.25) is 9.59 Å². The molecule has 1 amide bonds. The van der Waals surface area contributed by atoms with Crippen LogP contribution in [0.1, 0.15) is 25.7 Å². The summed E-state index contributed by atoms with van der Waals surface area (Å²) < 4.78 is 5.13. The SMILES string of the molecule is [N-]=[N+]=CC(=O)CCC(NC(=O)[C@@H]1CCCO1)C(=O)O. The van der Waals surface area contributed by atoms with E-state index in [1.807, 2.05) is 0 Å². The number of hydrogen-bond acceptors (Lipinski definition) is 4. The number of rotatable bonds is 7. The maximum atomic E-state index is 11.7. The zero-order valence-electron chi connectivity index (χ0n) is 10.2. The van der Waals surface area contributed by atoms with Gasteiger partial charge in [-0.1, -0.05) is 0 Å². The largest absolute Gasteiger partial charge is 0.480 e. The second kappa shape index (κ2) is 7.40. The van der Waals surface area contributed by atoms with Crippen LogP contribution in [0.5, 0.6) is 0 Å². The van der Waals surface area contributed by atoms with Crippen molar-refractivity contribution >= 4 is 23.9 Å². The fraction of sp³-hybridized carbons (Fsp3) is 0.636. The van der Waals surface area contributed by atoms with E-state index in [4.69, 9.17) is 15.4 Å². The van der Waals surface area contributed by atoms with Crippen LogP contribution in [0.3, 0.4) is 0 Å². The van der Waals surface area contributed by atoms with Crippen molar-refractivity contribution in [2.45, 2.75) is 37.8 Å². The summed E-state index contributed by atoms with van der Waals surface area (Å²) in [6.45, 7) is 0.487. The third kappa shape index (κ3) is 4.99. The number of nitrogens with one attached hydrogen (secondary N) is 1. The number of carboxylic acids is 1. The topological polar surface area (TPSA) is 129 Å². The molecule has 0 aliphatic carbocycles. The van der Waals surface area contributed by atoms with Crippen LogP contribution in [0, 0.1) is 0 Å². The normalized spacial score (nSPS) is 19.3. The Morgan fingerprint density at radius 1 is 1.53 bits per heavy atom. The molecule has 8 heteroatoms. The van der Waals surface area contributed by atoms with Crippen LogP contribution < -0.4 is 5.32 Å². The van der Waals surface area contributed by atoms with E-state index in [1.54, 1.807) is 0 Å². The molecule has 2 N–H and O–H groups in total. The second-order valence-corrected chi connectivity index (χ2v) is 4.15. The third-order valence-electron chi connectivity index (χ3n) is 2.72. The van der Waals surface area contributed by atoms with Crippen molar-refractivity contribution in [3.05, 3.63) is 5.53 Å². The van der Waals surface area contributed by atoms with Gasteiger partial charge < -0.3 is 20.7 Å². The van der Waals surface area contributed by atoms with E-state index in [1.165, 1.54) is 0 Å². The number of hydrogen-bond donors (Lipinski definition) is 2. The van der Waals surface area contributed by atoms with E-state index in [-0.39, 0.29) is 12.8 Å². The van der Waals surface area contributed by atoms with Crippen LogP contribution in [-0.4, -0.2) is 52.5 Å². The van der Waals surface area contributed by atoms with E-state index in [0.29, 0.717) is 19.2 Å². The summed E-state index contributed by atoms with van der Waals surface area (Å²) in [7, 11) is 0. The Morgan fingerprint density at radius 2 is 2.26 bits per heavy atom. The van der Waals surface area contributed by atoms with Crippen LogP contribution in [0.4, 0.5) is 0 Å². The lowest BCUT2D eigenvalue weighted by molar-refractivity contribution is -0.143. The van der Waals surface area contributed by atoms with Gasteiger partial charge in [-0.15, -0.1) is 0 Å². The van der Waals surface area contributed by atoms with Crippen molar-refractivity contribution in [3.8, 4) is 0 Å². The summed E-state index contributed by atoms with van der Waals surface area (Å²) in [5, 5.41) is 11.3. The fourth-order valence-electron chi connectivity index (χ4n) is 1.72. The van der Waals surface area contributed by atoms with Gasteiger partial charge in [0.1, 0.15) is 12.1 Å². The molecule has 0 saturated carbocycles. The predicted molar refractivity (Wildman–Crippen MR) is 62.5 cm³/mol. The van der Waals surface area contributed by atoms with Crippen molar-refractivity contribution in [2.75, 3.05) is 6.61 Å². The first-order chi connectivity index (χ1) is 9.04. The molecule has 1 aliphatic heterocycles. The summed E-state index contributed by atoms with van der Waals surface area (Å²) in [6.07, 6.45) is 1.21. The van der Waals surface area contributed by atoms with Gasteiger partial charge in [0.2, 0.25) is 11.7 Å². The first-order valence-corrected chi connectivity index (χ1v) is 5.89. The highest BCUT2D eigenvalue weighted by Crippen LogP contribution is 2.12. The van der Waals surface area contributed by atoms with Gasteiger partial charge in [0, 0.05) is 13.0 Å². The number of carbonyl (C=O) groups is 3. The fourth-order valence-corrected chi connectivity index (χ4v) is 1.72. The number of Topliss-reactive ketones (excluding diaryl/α,β-unsaturated/α-hetero) is 1. The molecule has 0 bridgehead atoms. The summed E-state index contributed by atoms with van der Waals surface area (Å²) >= 11 is 0. The molecule has 0 aromatic heterocycles. The predicted octanol–water partition coefficient (Wildman–Crippen LogP) is -0.615. The lowest BCUT2D eigenvalue weighted by Gasteiger charge is -2.16. The summed E-state index contributed by atoms with van der Waals surface area (Å²) in [6, 6.07) is -1.16. The molecule has 1 fully saturated rings. The van der Waals surface area contributed by atoms with Crippen molar-refractivity contribution in [3.63, 3.8) is 0 Å². The van der Waals surface area contributed by atoms with E-state index in [0.717, 1.165) is 6.42 Å². The first kappa shape index (κ1) is 15.0. The van der Waals surface area contributed by atoms with Gasteiger partial charge in [0.25, 0.3) is 0 Å². The Morgan fingerprint density at radius 3 is 2.79 bits per heavy atom. The summed E-state index contributed by atoms with van der Waals surface area (Å²) in [5.41, 5.74) is 8.15. The van der Waals surface area contributed by atoms with Crippen molar-refractivity contribution in [1.82, 2.24) is 5.32 Å². The van der Waals surface area contributed by atoms with E-state index >= 15 is 0 Å². The Labute approximate surface area is 109 Å². The zero-order chi connectivity index (χ0) is 14.3. The maximum Gasteiger partial charge on any atom is 0.326 e. The van der Waals surface area contributed by atoms with Crippen molar-refractivity contribution in [1.29, 1.82) is 0 Å². The summed E-state index contributed by atoms with van der Waals surface area (Å²) in [4.78, 5) is 36.3. The molecule has 8 nitrogen and oxygen atoms in total. The molecule has 0 radical (unpaired) electrons. The number of amides is 1. The zero-order valence-corrected chi connectivity index (χ0v) is 10.2. The Hall–Kier alpha value is -2.05. The molecule has 104 valence electrons. The lowest BCUT2D eigenvalue weighted by Crippen LogP contribution is -2.45. The lowest BCUT2D eigenvalue weighted by atomic mass is 10.1. The quantitative estimate of drug-likeness (QED) is 0.361. The van der Waals surface area contributed by atoms with E-state index < -0.39 is 29.8 Å². The van der Waals surface area contributed by atoms with Crippen LogP contribution in [0.2, 0.25) is 0 Å². The second-order valence-electron chi connectivity index (χ2n) is 4.15. The maximum absolute atomic E-state index is 11.7. The number of ketones is 1. The van der Waals surface area contributed by atoms with E-state index in [2.05, 4.69) is 10.1 Å². The molecule has 1 unspecified atom stereocenters. The molecule has 1 heterocycles. The molecular formula is C11H15N3O5. The molecule has 0 aromatic carbocycles. The smallest absolute Gasteiger partial charge is 0.326 e. The Kier molecular flexibility index (Phi) is 5.84. The van der Waals surface area contributed by atoms with Crippen LogP contribution in [0.15, 0.2) is 0 Å². The third-order valence-corrected chi connectivity index (χ3v) is 2.72. The van der Waals surface area contributed by atoms with Gasteiger partial charge in [-0.25, -0.2) is 4.79 Å². The van der Waals surface area contributed by atoms with E-state index in [9.17, 15) is 14.4 Å². The number of nitrogens with zero attached hydrogens (tertiary/aromatic N) is 2. The minimum absolute atomic E-state index is 0.0708. The number of ether oxygens (including phenoxy) is 1. The Bertz CT molecular complexity index is 411. The van der Waals surface area contributed by atoms with Gasteiger partial charge in [0.15, 0.2) is 0 Å². The molecule has 1 rings (SSSR count). The monoisotopic (exact) mass is 269 g/mol. The van der Waals surface area contributed by atoms with Gasteiger partial charge in [-0.2, -0.15) is 4.79 Å². The number of carbonyl (C=O) groups excluding carboxylic acids is 2. The highest BCUT2D eigenvalue weighted by molar-refractivity contribution is 6.25. The van der Waals surface area contributed by atoms with Crippen LogP contribution >= 0.6 is 0 Å². The van der Waals surface area contributed by atoms with Crippen molar-refractivity contribution in [2.24, 2.45) is 0 Å². The average molecular weight is 269 g/mol. The highest BCUT2D eigenvalue weighted by atomic mass is 16.5.